The fourth-order valence-corrected chi connectivity index (χ4v) is 2.11. The summed E-state index contributed by atoms with van der Waals surface area (Å²) in [5.74, 6) is -1.05. The number of amides is 1. The molecular formula is C11H15NO4. The van der Waals surface area contributed by atoms with Gasteiger partial charge in [-0.3, -0.25) is 9.59 Å². The number of carboxylic acids is 1. The quantitative estimate of drug-likeness (QED) is 0.742. The Balaban J connectivity index is 1.96. The van der Waals surface area contributed by atoms with E-state index in [-0.39, 0.29) is 12.3 Å². The lowest BCUT2D eigenvalue weighted by Gasteiger charge is -2.41. The van der Waals surface area contributed by atoms with E-state index in [1.165, 1.54) is 6.26 Å². The summed E-state index contributed by atoms with van der Waals surface area (Å²) < 4.78 is 4.99. The van der Waals surface area contributed by atoms with Crippen LogP contribution in [0.1, 0.15) is 32.1 Å². The molecule has 0 spiro atoms. The van der Waals surface area contributed by atoms with Gasteiger partial charge in [0, 0.05) is 6.42 Å². The maximum Gasteiger partial charge on any atom is 0.305 e. The summed E-state index contributed by atoms with van der Waals surface area (Å²) in [5.41, 5.74) is 0.0865. The molecule has 0 aromatic carbocycles. The monoisotopic (exact) mass is 225 g/mol. The molecule has 88 valence electrons. The number of carbonyl (C=O) groups is 2. The second-order valence-electron chi connectivity index (χ2n) is 4.42. The van der Waals surface area contributed by atoms with E-state index >= 15 is 0 Å². The minimum absolute atomic E-state index is 0.00682. The molecular weight excluding hydrogens is 210 g/mol. The highest BCUT2D eigenvalue weighted by molar-refractivity contribution is 5.94. The molecule has 2 N–H and O–H groups in total. The Bertz CT molecular complexity index is 344. The van der Waals surface area contributed by atoms with Crippen LogP contribution in [0.4, 0.5) is 0 Å². The van der Waals surface area contributed by atoms with Gasteiger partial charge in [0.15, 0.2) is 0 Å². The largest absolute Gasteiger partial charge is 0.500 e. The average molecular weight is 225 g/mol. The number of rotatable bonds is 4. The van der Waals surface area contributed by atoms with Crippen molar-refractivity contribution in [3.63, 3.8) is 0 Å². The third-order valence-corrected chi connectivity index (χ3v) is 3.19. The summed E-state index contributed by atoms with van der Waals surface area (Å²) in [6.07, 6.45) is 4.55. The molecule has 1 aliphatic carbocycles. The first-order valence-electron chi connectivity index (χ1n) is 5.46. The van der Waals surface area contributed by atoms with Crippen LogP contribution in [-0.4, -0.2) is 29.1 Å². The normalized spacial score (nSPS) is 21.6. The first kappa shape index (κ1) is 11.0. The molecule has 5 nitrogen and oxygen atoms in total. The van der Waals surface area contributed by atoms with E-state index in [4.69, 9.17) is 9.84 Å². The highest BCUT2D eigenvalue weighted by atomic mass is 16.5. The lowest BCUT2D eigenvalue weighted by Crippen LogP contribution is -2.54. The number of carboxylic acid groups (broad SMARTS) is 1. The van der Waals surface area contributed by atoms with Gasteiger partial charge >= 0.3 is 5.97 Å². The molecule has 1 saturated carbocycles. The van der Waals surface area contributed by atoms with Crippen molar-refractivity contribution in [2.45, 2.75) is 37.6 Å². The molecule has 0 bridgehead atoms. The average Bonchev–Trinajstić information content (AvgIpc) is 2.66. The molecule has 0 atom stereocenters. The van der Waals surface area contributed by atoms with Gasteiger partial charge in [0.2, 0.25) is 0 Å². The predicted molar refractivity (Wildman–Crippen MR) is 55.6 cm³/mol. The standard InChI is InChI=1S/C11H15NO4/c13-9(14)6-11(3-1-4-11)12-10(15)8-2-5-16-7-8/h7H,1-6H2,(H,12,15)(H,13,14). The molecule has 0 unspecified atom stereocenters. The molecule has 0 saturated heterocycles. The van der Waals surface area contributed by atoms with Crippen LogP contribution in [0.5, 0.6) is 0 Å². The lowest BCUT2D eigenvalue weighted by atomic mass is 9.74. The van der Waals surface area contributed by atoms with Crippen LogP contribution in [0.15, 0.2) is 11.8 Å². The van der Waals surface area contributed by atoms with Crippen LogP contribution in [0.2, 0.25) is 0 Å². The molecule has 5 heteroatoms. The Morgan fingerprint density at radius 3 is 2.69 bits per heavy atom. The summed E-state index contributed by atoms with van der Waals surface area (Å²) in [4.78, 5) is 22.5. The van der Waals surface area contributed by atoms with E-state index in [2.05, 4.69) is 5.32 Å². The Morgan fingerprint density at radius 2 is 2.25 bits per heavy atom. The zero-order valence-corrected chi connectivity index (χ0v) is 8.99. The van der Waals surface area contributed by atoms with Crippen molar-refractivity contribution >= 4 is 11.9 Å². The van der Waals surface area contributed by atoms with Crippen molar-refractivity contribution in [1.82, 2.24) is 5.32 Å². The van der Waals surface area contributed by atoms with E-state index in [1.54, 1.807) is 0 Å². The van der Waals surface area contributed by atoms with E-state index in [0.717, 1.165) is 19.3 Å². The second-order valence-corrected chi connectivity index (χ2v) is 4.42. The van der Waals surface area contributed by atoms with Crippen LogP contribution >= 0.6 is 0 Å². The Hall–Kier alpha value is -1.52. The Kier molecular flexibility index (Phi) is 2.85. The van der Waals surface area contributed by atoms with Crippen LogP contribution in [0.3, 0.4) is 0 Å². The minimum Gasteiger partial charge on any atom is -0.500 e. The van der Waals surface area contributed by atoms with E-state index in [0.29, 0.717) is 18.6 Å². The Labute approximate surface area is 93.5 Å². The van der Waals surface area contributed by atoms with Crippen molar-refractivity contribution in [2.75, 3.05) is 6.61 Å². The smallest absolute Gasteiger partial charge is 0.305 e. The molecule has 0 aromatic rings. The zero-order valence-electron chi connectivity index (χ0n) is 8.99. The van der Waals surface area contributed by atoms with Crippen LogP contribution in [0, 0.1) is 0 Å². The van der Waals surface area contributed by atoms with Crippen LogP contribution in [0.25, 0.3) is 0 Å². The van der Waals surface area contributed by atoms with Gasteiger partial charge in [0.25, 0.3) is 5.91 Å². The van der Waals surface area contributed by atoms with E-state index in [9.17, 15) is 9.59 Å². The third-order valence-electron chi connectivity index (χ3n) is 3.19. The van der Waals surface area contributed by atoms with Gasteiger partial charge in [0.1, 0.15) is 0 Å². The number of carbonyl (C=O) groups excluding carboxylic acids is 1. The third kappa shape index (κ3) is 2.18. The zero-order chi connectivity index (χ0) is 11.6. The van der Waals surface area contributed by atoms with Crippen LogP contribution < -0.4 is 5.32 Å². The second kappa shape index (κ2) is 4.15. The highest BCUT2D eigenvalue weighted by Gasteiger charge is 2.40. The number of ether oxygens (including phenoxy) is 1. The highest BCUT2D eigenvalue weighted by Crippen LogP contribution is 2.35. The van der Waals surface area contributed by atoms with Crippen molar-refractivity contribution in [1.29, 1.82) is 0 Å². The molecule has 16 heavy (non-hydrogen) atoms. The van der Waals surface area contributed by atoms with Gasteiger partial charge < -0.3 is 15.2 Å². The van der Waals surface area contributed by atoms with E-state index in [1.807, 2.05) is 0 Å². The summed E-state index contributed by atoms with van der Waals surface area (Å²) in [5, 5.41) is 11.6. The summed E-state index contributed by atoms with van der Waals surface area (Å²) >= 11 is 0. The first-order chi connectivity index (χ1) is 7.61. The topological polar surface area (TPSA) is 75.6 Å². The molecule has 0 radical (unpaired) electrons. The van der Waals surface area contributed by atoms with Gasteiger partial charge in [-0.1, -0.05) is 0 Å². The van der Waals surface area contributed by atoms with E-state index < -0.39 is 11.5 Å². The summed E-state index contributed by atoms with van der Waals surface area (Å²) in [6.45, 7) is 0.536. The van der Waals surface area contributed by atoms with Crippen molar-refractivity contribution in [2.24, 2.45) is 0 Å². The van der Waals surface area contributed by atoms with Gasteiger partial charge in [-0.25, -0.2) is 0 Å². The maximum absolute atomic E-state index is 11.8. The molecule has 1 amide bonds. The minimum atomic E-state index is -0.864. The molecule has 1 fully saturated rings. The summed E-state index contributed by atoms with van der Waals surface area (Å²) in [7, 11) is 0. The fourth-order valence-electron chi connectivity index (χ4n) is 2.11. The molecule has 2 rings (SSSR count). The fraction of sp³-hybridized carbons (Fsp3) is 0.636. The number of hydrogen-bond donors (Lipinski definition) is 2. The van der Waals surface area contributed by atoms with Gasteiger partial charge in [-0.15, -0.1) is 0 Å². The molecule has 2 aliphatic rings. The lowest BCUT2D eigenvalue weighted by molar-refractivity contribution is -0.140. The van der Waals surface area contributed by atoms with Gasteiger partial charge in [0.05, 0.1) is 30.4 Å². The van der Waals surface area contributed by atoms with Crippen molar-refractivity contribution < 1.29 is 19.4 Å². The number of nitrogens with one attached hydrogen (secondary N) is 1. The number of hydrogen-bond acceptors (Lipinski definition) is 3. The SMILES string of the molecule is O=C(O)CC1(NC(=O)C2=COCC2)CCC1. The van der Waals surface area contributed by atoms with Crippen LogP contribution in [-0.2, 0) is 14.3 Å². The first-order valence-corrected chi connectivity index (χ1v) is 5.46. The van der Waals surface area contributed by atoms with Gasteiger partial charge in [-0.05, 0) is 19.3 Å². The maximum atomic E-state index is 11.8. The molecule has 1 aliphatic heterocycles. The number of aliphatic carboxylic acids is 1. The molecule has 1 heterocycles. The Morgan fingerprint density at radius 1 is 1.50 bits per heavy atom. The summed E-state index contributed by atoms with van der Waals surface area (Å²) in [6, 6.07) is 0. The molecule has 0 aromatic heterocycles. The van der Waals surface area contributed by atoms with Crippen molar-refractivity contribution in [3.05, 3.63) is 11.8 Å². The van der Waals surface area contributed by atoms with Gasteiger partial charge in [-0.2, -0.15) is 0 Å². The predicted octanol–water partition coefficient (Wildman–Crippen LogP) is 0.804. The van der Waals surface area contributed by atoms with Crippen molar-refractivity contribution in [3.8, 4) is 0 Å².